The molecule has 1 unspecified atom stereocenters. The van der Waals surface area contributed by atoms with Crippen molar-refractivity contribution in [1.82, 2.24) is 5.32 Å². The number of anilines is 1. The zero-order chi connectivity index (χ0) is 17.2. The molecule has 0 radical (unpaired) electrons. The molecule has 0 bridgehead atoms. The molecule has 0 heterocycles. The zero-order valence-electron chi connectivity index (χ0n) is 14.6. The van der Waals surface area contributed by atoms with Crippen molar-refractivity contribution in [1.29, 1.82) is 0 Å². The van der Waals surface area contributed by atoms with Gasteiger partial charge in [0.15, 0.2) is 0 Å². The number of rotatable bonds is 10. The Morgan fingerprint density at radius 1 is 1.12 bits per heavy atom. The van der Waals surface area contributed by atoms with Crippen LogP contribution in [0, 0.1) is 10.1 Å². The van der Waals surface area contributed by atoms with E-state index >= 15 is 0 Å². The van der Waals surface area contributed by atoms with E-state index in [1.165, 1.54) is 24.3 Å². The second-order valence-corrected chi connectivity index (χ2v) is 5.21. The number of ether oxygens (including phenoxy) is 1. The van der Waals surface area contributed by atoms with Gasteiger partial charge in [-0.25, -0.2) is 0 Å². The standard InChI is InChI=1S/C17H21N3O4.ClH/c21-16(12-18-10-11-19-14-4-2-1-3-5-14)13-24-17-8-6-15(7-9-17)20(22)23;/h1-9,16,18-19,21H,10-13H2;1H. The summed E-state index contributed by atoms with van der Waals surface area (Å²) in [4.78, 5) is 10.1. The number of hydrogen-bond acceptors (Lipinski definition) is 6. The number of nitro benzene ring substituents is 1. The Balaban J connectivity index is 0.00000312. The number of nitrogens with one attached hydrogen (secondary N) is 2. The van der Waals surface area contributed by atoms with E-state index in [-0.39, 0.29) is 26.1 Å². The molecule has 7 nitrogen and oxygen atoms in total. The van der Waals surface area contributed by atoms with Crippen molar-refractivity contribution in [2.75, 3.05) is 31.6 Å². The number of aliphatic hydroxyl groups excluding tert-OH is 1. The first-order valence-corrected chi connectivity index (χ1v) is 7.70. The van der Waals surface area contributed by atoms with Gasteiger partial charge in [0.2, 0.25) is 0 Å². The SMILES string of the molecule is O=[N+]([O-])c1ccc(OCC(O)CNCCNc2ccccc2)cc1.[Cl-].[H+]. The number of halogens is 1. The number of aliphatic hydroxyl groups is 1. The highest BCUT2D eigenvalue weighted by Gasteiger charge is 2.07. The highest BCUT2D eigenvalue weighted by molar-refractivity contribution is 5.42. The van der Waals surface area contributed by atoms with E-state index in [0.29, 0.717) is 18.8 Å². The summed E-state index contributed by atoms with van der Waals surface area (Å²) in [6.07, 6.45) is -0.656. The van der Waals surface area contributed by atoms with Crippen molar-refractivity contribution in [3.8, 4) is 5.75 Å². The maximum atomic E-state index is 10.6. The molecule has 0 aromatic heterocycles. The van der Waals surface area contributed by atoms with Crippen LogP contribution in [0.5, 0.6) is 5.75 Å². The molecule has 0 fully saturated rings. The minimum atomic E-state index is -0.656. The Morgan fingerprint density at radius 3 is 2.44 bits per heavy atom. The first kappa shape index (κ1) is 20.7. The largest absolute Gasteiger partial charge is 1.00 e. The number of nitrogens with zero attached hydrogens (tertiary/aromatic N) is 1. The molecule has 0 spiro atoms. The Bertz CT molecular complexity index is 632. The van der Waals surface area contributed by atoms with Crippen LogP contribution in [0.25, 0.3) is 0 Å². The third kappa shape index (κ3) is 7.84. The summed E-state index contributed by atoms with van der Waals surface area (Å²) in [7, 11) is 0. The van der Waals surface area contributed by atoms with Crippen molar-refractivity contribution in [3.05, 3.63) is 64.7 Å². The molecule has 3 N–H and O–H groups in total. The van der Waals surface area contributed by atoms with Gasteiger partial charge in [0.25, 0.3) is 5.69 Å². The second-order valence-electron chi connectivity index (χ2n) is 5.21. The smallest absolute Gasteiger partial charge is 1.00 e. The Hall–Kier alpha value is -2.35. The molecule has 0 amide bonds. The molecule has 0 aliphatic carbocycles. The fourth-order valence-corrected chi connectivity index (χ4v) is 2.04. The highest BCUT2D eigenvalue weighted by Crippen LogP contribution is 2.17. The highest BCUT2D eigenvalue weighted by atomic mass is 35.5. The summed E-state index contributed by atoms with van der Waals surface area (Å²) in [6, 6.07) is 15.7. The molecule has 25 heavy (non-hydrogen) atoms. The van der Waals surface area contributed by atoms with Gasteiger partial charge < -0.3 is 32.9 Å². The molecule has 0 aliphatic heterocycles. The van der Waals surface area contributed by atoms with Crippen LogP contribution in [-0.2, 0) is 0 Å². The Labute approximate surface area is 154 Å². The first-order valence-electron chi connectivity index (χ1n) is 7.70. The lowest BCUT2D eigenvalue weighted by molar-refractivity contribution is -0.384. The second kappa shape index (κ2) is 11.2. The predicted molar refractivity (Wildman–Crippen MR) is 93.5 cm³/mol. The monoisotopic (exact) mass is 367 g/mol. The number of para-hydroxylation sites is 1. The maximum Gasteiger partial charge on any atom is 1.00 e. The van der Waals surface area contributed by atoms with Gasteiger partial charge in [-0.3, -0.25) is 10.1 Å². The lowest BCUT2D eigenvalue weighted by Gasteiger charge is -2.13. The first-order chi connectivity index (χ1) is 11.6. The molecular weight excluding hydrogens is 346 g/mol. The van der Waals surface area contributed by atoms with Crippen LogP contribution < -0.4 is 27.8 Å². The van der Waals surface area contributed by atoms with E-state index in [2.05, 4.69) is 10.6 Å². The molecule has 136 valence electrons. The van der Waals surface area contributed by atoms with Crippen LogP contribution in [0.3, 0.4) is 0 Å². The van der Waals surface area contributed by atoms with Gasteiger partial charge >= 0.3 is 1.43 Å². The van der Waals surface area contributed by atoms with E-state index in [1.807, 2.05) is 30.3 Å². The van der Waals surface area contributed by atoms with Crippen molar-refractivity contribution in [3.63, 3.8) is 0 Å². The van der Waals surface area contributed by atoms with Gasteiger partial charge in [0.1, 0.15) is 18.5 Å². The molecule has 0 aliphatic rings. The van der Waals surface area contributed by atoms with Gasteiger partial charge in [-0.05, 0) is 24.3 Å². The fraction of sp³-hybridized carbons (Fsp3) is 0.294. The van der Waals surface area contributed by atoms with Crippen LogP contribution in [0.1, 0.15) is 1.43 Å². The summed E-state index contributed by atoms with van der Waals surface area (Å²) in [5, 5.41) is 26.8. The fourth-order valence-electron chi connectivity index (χ4n) is 2.04. The summed E-state index contributed by atoms with van der Waals surface area (Å²) in [5.74, 6) is 0.491. The molecule has 2 aromatic carbocycles. The lowest BCUT2D eigenvalue weighted by atomic mass is 10.3. The quantitative estimate of drug-likeness (QED) is 0.288. The van der Waals surface area contributed by atoms with Crippen LogP contribution in [0.2, 0.25) is 0 Å². The third-order valence-electron chi connectivity index (χ3n) is 3.27. The molecule has 8 heteroatoms. The molecule has 0 saturated heterocycles. The molecule has 0 saturated carbocycles. The summed E-state index contributed by atoms with van der Waals surface area (Å²) >= 11 is 0. The van der Waals surface area contributed by atoms with E-state index in [1.54, 1.807) is 0 Å². The average molecular weight is 368 g/mol. The van der Waals surface area contributed by atoms with E-state index in [9.17, 15) is 15.2 Å². The number of benzene rings is 2. The molecule has 2 rings (SSSR count). The van der Waals surface area contributed by atoms with Crippen molar-refractivity contribution >= 4 is 11.4 Å². The summed E-state index contributed by atoms with van der Waals surface area (Å²) in [5.41, 5.74) is 1.07. The number of nitro groups is 1. The zero-order valence-corrected chi connectivity index (χ0v) is 14.4. The van der Waals surface area contributed by atoms with E-state index < -0.39 is 11.0 Å². The van der Waals surface area contributed by atoms with Crippen LogP contribution in [0.15, 0.2) is 54.6 Å². The van der Waals surface area contributed by atoms with Gasteiger partial charge in [-0.1, -0.05) is 18.2 Å². The van der Waals surface area contributed by atoms with Crippen LogP contribution in [-0.4, -0.2) is 42.4 Å². The molecule has 2 aromatic rings. The van der Waals surface area contributed by atoms with Crippen molar-refractivity contribution in [2.24, 2.45) is 0 Å². The van der Waals surface area contributed by atoms with Crippen molar-refractivity contribution in [2.45, 2.75) is 6.10 Å². The maximum absolute atomic E-state index is 10.6. The van der Waals surface area contributed by atoms with Crippen LogP contribution in [0.4, 0.5) is 11.4 Å². The van der Waals surface area contributed by atoms with Gasteiger partial charge in [0, 0.05) is 37.5 Å². The minimum absolute atomic E-state index is 0. The Morgan fingerprint density at radius 2 is 1.80 bits per heavy atom. The Kier molecular flexibility index (Phi) is 9.31. The lowest BCUT2D eigenvalue weighted by Crippen LogP contribution is -3.00. The van der Waals surface area contributed by atoms with Crippen molar-refractivity contribution < 1.29 is 28.6 Å². The van der Waals surface area contributed by atoms with Gasteiger partial charge in [-0.2, -0.15) is 0 Å². The minimum Gasteiger partial charge on any atom is -1.00 e. The van der Waals surface area contributed by atoms with Gasteiger partial charge in [-0.15, -0.1) is 0 Å². The third-order valence-corrected chi connectivity index (χ3v) is 3.27. The van der Waals surface area contributed by atoms with E-state index in [4.69, 9.17) is 4.74 Å². The number of non-ortho nitro benzene ring substituents is 1. The topological polar surface area (TPSA) is 96.7 Å². The van der Waals surface area contributed by atoms with E-state index in [0.717, 1.165) is 12.2 Å². The summed E-state index contributed by atoms with van der Waals surface area (Å²) in [6.45, 7) is 1.99. The molecule has 1 atom stereocenters. The average Bonchev–Trinajstić information content (AvgIpc) is 2.61. The van der Waals surface area contributed by atoms with Crippen LogP contribution >= 0.6 is 0 Å². The number of hydrogen-bond donors (Lipinski definition) is 3. The predicted octanol–water partition coefficient (Wildman–Crippen LogP) is -0.847. The normalized spacial score (nSPS) is 11.2. The van der Waals surface area contributed by atoms with Gasteiger partial charge in [0.05, 0.1) is 4.92 Å². The summed E-state index contributed by atoms with van der Waals surface area (Å²) < 4.78 is 5.40. The molecular formula is C17H22ClN3O4.